The van der Waals surface area contributed by atoms with E-state index in [9.17, 15) is 19.8 Å². The van der Waals surface area contributed by atoms with Crippen LogP contribution in [0.4, 0.5) is 10.5 Å². The molecule has 2 amide bonds. The molecule has 2 spiro atoms. The number of allylic oxidation sites excluding steroid dienone is 4. The summed E-state index contributed by atoms with van der Waals surface area (Å²) in [5.41, 5.74) is -0.870. The molecule has 11 unspecified atom stereocenters. The molecule has 1 aromatic heterocycles. The van der Waals surface area contributed by atoms with Crippen molar-refractivity contribution in [1.82, 2.24) is 4.90 Å². The van der Waals surface area contributed by atoms with Gasteiger partial charge in [0, 0.05) is 34.1 Å². The fourth-order valence-electron chi connectivity index (χ4n) is 13.9. The molecule has 2 aromatic rings. The van der Waals surface area contributed by atoms with Crippen LogP contribution in [0.1, 0.15) is 102 Å². The summed E-state index contributed by atoms with van der Waals surface area (Å²) in [6.07, 6.45) is 17.0. The van der Waals surface area contributed by atoms with Gasteiger partial charge in [-0.1, -0.05) is 64.1 Å². The van der Waals surface area contributed by atoms with Crippen LogP contribution in [0.15, 0.2) is 76.9 Å². The molecule has 4 bridgehead atoms. The van der Waals surface area contributed by atoms with E-state index in [2.05, 4.69) is 51.2 Å². The van der Waals surface area contributed by atoms with Gasteiger partial charge in [-0.3, -0.25) is 4.79 Å². The van der Waals surface area contributed by atoms with Gasteiger partial charge in [-0.15, -0.1) is 0 Å². The first kappa shape index (κ1) is 33.7. The third kappa shape index (κ3) is 4.49. The zero-order valence-electron chi connectivity index (χ0n) is 30.9. The number of nitrogens with one attached hydrogen (secondary N) is 1. The second kappa shape index (κ2) is 11.2. The van der Waals surface area contributed by atoms with Gasteiger partial charge in [-0.25, -0.2) is 4.79 Å². The number of hydrogen-bond donors (Lipinski definition) is 3. The van der Waals surface area contributed by atoms with Crippen LogP contribution in [0.3, 0.4) is 0 Å². The maximum Gasteiger partial charge on any atom is 0.321 e. The predicted octanol–water partition coefficient (Wildman–Crippen LogP) is 8.66. The first-order valence-electron chi connectivity index (χ1n) is 19.8. The third-order valence-electron chi connectivity index (χ3n) is 16.9. The number of aliphatic hydroxyl groups is 2. The van der Waals surface area contributed by atoms with Gasteiger partial charge in [0.15, 0.2) is 5.76 Å². The van der Waals surface area contributed by atoms with E-state index < -0.39 is 27.9 Å². The molecule has 0 radical (unpaired) electrons. The van der Waals surface area contributed by atoms with Gasteiger partial charge in [-0.05, 0) is 129 Å². The lowest BCUT2D eigenvalue weighted by atomic mass is 9.32. The zero-order valence-corrected chi connectivity index (χ0v) is 30.9. The van der Waals surface area contributed by atoms with Crippen LogP contribution in [0.25, 0.3) is 0 Å². The van der Waals surface area contributed by atoms with E-state index in [0.29, 0.717) is 42.4 Å². The topological polar surface area (TPSA) is 103 Å². The predicted molar refractivity (Wildman–Crippen MR) is 197 cm³/mol. The maximum absolute atomic E-state index is 14.6. The van der Waals surface area contributed by atoms with Crippen molar-refractivity contribution >= 4 is 17.5 Å². The zero-order chi connectivity index (χ0) is 35.6. The Kier molecular flexibility index (Phi) is 7.38. The second-order valence-corrected chi connectivity index (χ2v) is 19.0. The molecule has 7 nitrogen and oxygen atoms in total. The fourth-order valence-corrected chi connectivity index (χ4v) is 13.9. The SMILES string of the molecule is CC1(C)C2CCC(CN(CC3(O)CCC4C56C=CC7(C=C5C(=O)c5ccco5)CC(O)CCC7(C)C6CCC43C)C(=O)Nc3ccccc3)C1C2. The molecule has 11 atom stereocenters. The molecule has 9 aliphatic carbocycles. The number of carbonyl (C=O) groups excluding carboxylic acids is 2. The Labute approximate surface area is 302 Å². The minimum atomic E-state index is -1.12. The van der Waals surface area contributed by atoms with E-state index >= 15 is 0 Å². The smallest absolute Gasteiger partial charge is 0.321 e. The molecule has 9 aliphatic rings. The van der Waals surface area contributed by atoms with Crippen LogP contribution in [0.5, 0.6) is 0 Å². The Morgan fingerprint density at radius 3 is 2.37 bits per heavy atom. The Hall–Kier alpha value is -3.16. The van der Waals surface area contributed by atoms with E-state index in [-0.39, 0.29) is 35.6 Å². The van der Waals surface area contributed by atoms with Crippen LogP contribution in [0.2, 0.25) is 0 Å². The largest absolute Gasteiger partial charge is 0.461 e. The molecule has 3 N–H and O–H groups in total. The second-order valence-electron chi connectivity index (χ2n) is 19.0. The van der Waals surface area contributed by atoms with E-state index in [1.807, 2.05) is 35.2 Å². The van der Waals surface area contributed by atoms with Gasteiger partial charge in [0.25, 0.3) is 0 Å². The highest BCUT2D eigenvalue weighted by Crippen LogP contribution is 2.78. The summed E-state index contributed by atoms with van der Waals surface area (Å²) in [5, 5.41) is 27.4. The van der Waals surface area contributed by atoms with Gasteiger partial charge >= 0.3 is 6.03 Å². The number of benzene rings is 1. The third-order valence-corrected chi connectivity index (χ3v) is 16.9. The van der Waals surface area contributed by atoms with Gasteiger partial charge < -0.3 is 24.8 Å². The Morgan fingerprint density at radius 2 is 1.65 bits per heavy atom. The van der Waals surface area contributed by atoms with Crippen LogP contribution in [-0.2, 0) is 0 Å². The Bertz CT molecular complexity index is 1780. The molecule has 51 heavy (non-hydrogen) atoms. The number of carbonyl (C=O) groups is 2. The van der Waals surface area contributed by atoms with Crippen LogP contribution >= 0.6 is 0 Å². The highest BCUT2D eigenvalue weighted by atomic mass is 16.3. The summed E-state index contributed by atoms with van der Waals surface area (Å²) >= 11 is 0. The van der Waals surface area contributed by atoms with Gasteiger partial charge in [0.05, 0.1) is 24.5 Å². The Balaban J connectivity index is 1.09. The first-order valence-corrected chi connectivity index (χ1v) is 19.8. The standard InChI is InChI=1S/C44H56N2O5/c1-39(2)29-13-12-28(32(39)23-29)26-46(38(49)45-30-9-6-5-7-10-30)27-43(50)19-16-36-41(43,4)18-15-35-40(3)17-14-31(47)24-42(40)20-21-44(35,36)33(25-42)37(48)34-11-8-22-51-34/h5-11,20-22,25,28-29,31-32,35-36,47,50H,12-19,23-24,26-27H2,1-4H3,(H,45,49). The molecular weight excluding hydrogens is 636 g/mol. The van der Waals surface area contributed by atoms with E-state index in [1.165, 1.54) is 12.8 Å². The van der Waals surface area contributed by atoms with E-state index in [4.69, 9.17) is 4.42 Å². The number of urea groups is 1. The fraction of sp³-hybridized carbons (Fsp3) is 0.636. The number of fused-ring (bicyclic) bond motifs is 3. The summed E-state index contributed by atoms with van der Waals surface area (Å²) in [6.45, 7) is 10.4. The van der Waals surface area contributed by atoms with Crippen LogP contribution < -0.4 is 5.32 Å². The number of Topliss-reactive ketones (excluding diaryl/α,β-unsaturated/α-hetero) is 1. The first-order chi connectivity index (χ1) is 24.3. The van der Waals surface area contributed by atoms with Gasteiger partial charge in [0.2, 0.25) is 5.78 Å². The van der Waals surface area contributed by atoms with Crippen molar-refractivity contribution in [2.24, 2.45) is 56.7 Å². The van der Waals surface area contributed by atoms with Crippen molar-refractivity contribution in [3.8, 4) is 0 Å². The van der Waals surface area contributed by atoms with Crippen molar-refractivity contribution in [1.29, 1.82) is 0 Å². The summed E-state index contributed by atoms with van der Waals surface area (Å²) < 4.78 is 5.75. The number of amides is 2. The van der Waals surface area contributed by atoms with Crippen molar-refractivity contribution in [2.75, 3.05) is 18.4 Å². The minimum Gasteiger partial charge on any atom is -0.461 e. The number of rotatable bonds is 7. The highest BCUT2D eigenvalue weighted by Gasteiger charge is 2.74. The summed E-state index contributed by atoms with van der Waals surface area (Å²) in [4.78, 5) is 30.9. The molecule has 11 rings (SSSR count). The van der Waals surface area contributed by atoms with E-state index in [0.717, 1.165) is 55.7 Å². The number of para-hydroxylation sites is 1. The number of ketones is 1. The van der Waals surface area contributed by atoms with Crippen molar-refractivity contribution in [2.45, 2.75) is 104 Å². The normalized spacial score (nSPS) is 44.0. The molecule has 1 heterocycles. The lowest BCUT2D eigenvalue weighted by molar-refractivity contribution is -0.176. The summed E-state index contributed by atoms with van der Waals surface area (Å²) in [5.74, 6) is 2.26. The lowest BCUT2D eigenvalue weighted by Gasteiger charge is -2.71. The molecule has 0 aliphatic heterocycles. The van der Waals surface area contributed by atoms with Gasteiger partial charge in [-0.2, -0.15) is 0 Å². The summed E-state index contributed by atoms with van der Waals surface area (Å²) in [6, 6.07) is 13.1. The van der Waals surface area contributed by atoms with E-state index in [1.54, 1.807) is 18.4 Å². The Morgan fingerprint density at radius 1 is 0.902 bits per heavy atom. The van der Waals surface area contributed by atoms with Crippen LogP contribution in [-0.4, -0.2) is 51.7 Å². The highest BCUT2D eigenvalue weighted by molar-refractivity contribution is 6.08. The van der Waals surface area contributed by atoms with Crippen molar-refractivity contribution in [3.05, 3.63) is 78.3 Å². The molecular formula is C44H56N2O5. The molecule has 0 saturated heterocycles. The monoisotopic (exact) mass is 692 g/mol. The van der Waals surface area contributed by atoms with Crippen molar-refractivity contribution < 1.29 is 24.2 Å². The maximum atomic E-state index is 14.6. The quantitative estimate of drug-likeness (QED) is 0.199. The molecule has 6 fully saturated rings. The molecule has 7 heteroatoms. The average Bonchev–Trinajstić information content (AvgIpc) is 3.74. The molecule has 6 saturated carbocycles. The lowest BCUT2D eigenvalue weighted by Crippen LogP contribution is -2.67. The van der Waals surface area contributed by atoms with Crippen molar-refractivity contribution in [3.63, 3.8) is 0 Å². The number of nitrogens with zero attached hydrogens (tertiary/aromatic N) is 1. The number of anilines is 1. The summed E-state index contributed by atoms with van der Waals surface area (Å²) in [7, 11) is 0. The number of hydrogen-bond acceptors (Lipinski definition) is 5. The molecule has 272 valence electrons. The number of aliphatic hydroxyl groups excluding tert-OH is 1. The van der Waals surface area contributed by atoms with Crippen LogP contribution in [0, 0.1) is 56.7 Å². The minimum absolute atomic E-state index is 0.0113. The molecule has 1 aromatic carbocycles. The van der Waals surface area contributed by atoms with Gasteiger partial charge in [0.1, 0.15) is 0 Å². The number of furan rings is 1. The average molecular weight is 693 g/mol.